The van der Waals surface area contributed by atoms with Crippen molar-refractivity contribution in [3.8, 4) is 21.8 Å². The highest BCUT2D eigenvalue weighted by atomic mass is 32.1. The SMILES string of the molecule is CCC(NC(=O)c1sc(-c2ccsc2)nc1C)c1ncc(-c2ccccc2)[nH]1. The summed E-state index contributed by atoms with van der Waals surface area (Å²) in [5.41, 5.74) is 3.82. The Morgan fingerprint density at radius 3 is 2.75 bits per heavy atom. The summed E-state index contributed by atoms with van der Waals surface area (Å²) in [5, 5.41) is 8.04. The Labute approximate surface area is 171 Å². The number of carbonyl (C=O) groups excluding carboxylic acids is 1. The minimum Gasteiger partial charge on any atom is -0.341 e. The van der Waals surface area contributed by atoms with Crippen molar-refractivity contribution < 1.29 is 4.79 Å². The lowest BCUT2D eigenvalue weighted by molar-refractivity contribution is 0.0937. The Morgan fingerprint density at radius 1 is 1.21 bits per heavy atom. The van der Waals surface area contributed by atoms with E-state index in [9.17, 15) is 4.79 Å². The predicted molar refractivity (Wildman–Crippen MR) is 115 cm³/mol. The first-order valence-electron chi connectivity index (χ1n) is 9.07. The normalized spacial score (nSPS) is 12.1. The molecular formula is C21H20N4OS2. The van der Waals surface area contributed by atoms with E-state index < -0.39 is 0 Å². The van der Waals surface area contributed by atoms with Crippen molar-refractivity contribution in [1.82, 2.24) is 20.3 Å². The number of hydrogen-bond acceptors (Lipinski definition) is 5. The van der Waals surface area contributed by atoms with Gasteiger partial charge in [-0.25, -0.2) is 9.97 Å². The first-order valence-corrected chi connectivity index (χ1v) is 10.8. The molecule has 0 fully saturated rings. The van der Waals surface area contributed by atoms with Crippen LogP contribution in [0.1, 0.15) is 40.6 Å². The van der Waals surface area contributed by atoms with E-state index in [1.54, 1.807) is 11.3 Å². The first kappa shape index (κ1) is 18.6. The number of aryl methyl sites for hydroxylation is 1. The number of benzene rings is 1. The second-order valence-electron chi connectivity index (χ2n) is 6.43. The number of aromatic nitrogens is 3. The molecule has 0 saturated carbocycles. The summed E-state index contributed by atoms with van der Waals surface area (Å²) in [7, 11) is 0. The third kappa shape index (κ3) is 3.76. The molecule has 0 aliphatic heterocycles. The number of thiophene rings is 1. The van der Waals surface area contributed by atoms with Crippen LogP contribution in [-0.4, -0.2) is 20.9 Å². The van der Waals surface area contributed by atoms with E-state index >= 15 is 0 Å². The van der Waals surface area contributed by atoms with Crippen molar-refractivity contribution in [2.45, 2.75) is 26.3 Å². The molecule has 4 rings (SSSR count). The number of aromatic amines is 1. The summed E-state index contributed by atoms with van der Waals surface area (Å²) in [4.78, 5) is 25.9. The van der Waals surface area contributed by atoms with Crippen LogP contribution in [0.4, 0.5) is 0 Å². The Balaban J connectivity index is 1.53. The molecule has 1 atom stereocenters. The molecule has 0 aliphatic carbocycles. The quantitative estimate of drug-likeness (QED) is 0.445. The lowest BCUT2D eigenvalue weighted by atomic mass is 10.2. The second kappa shape index (κ2) is 8.08. The zero-order chi connectivity index (χ0) is 19.5. The van der Waals surface area contributed by atoms with E-state index in [4.69, 9.17) is 0 Å². The number of amides is 1. The zero-order valence-corrected chi connectivity index (χ0v) is 17.2. The molecule has 0 radical (unpaired) electrons. The largest absolute Gasteiger partial charge is 0.341 e. The van der Waals surface area contributed by atoms with E-state index in [1.165, 1.54) is 11.3 Å². The van der Waals surface area contributed by atoms with Gasteiger partial charge in [0.25, 0.3) is 5.91 Å². The van der Waals surface area contributed by atoms with Crippen LogP contribution in [-0.2, 0) is 0 Å². The number of hydrogen-bond donors (Lipinski definition) is 2. The van der Waals surface area contributed by atoms with Crippen LogP contribution >= 0.6 is 22.7 Å². The van der Waals surface area contributed by atoms with Gasteiger partial charge in [0.15, 0.2) is 0 Å². The molecule has 3 aromatic heterocycles. The lowest BCUT2D eigenvalue weighted by Gasteiger charge is -2.14. The average Bonchev–Trinajstić information content (AvgIpc) is 3.46. The van der Waals surface area contributed by atoms with Gasteiger partial charge in [-0.05, 0) is 30.4 Å². The minimum atomic E-state index is -0.184. The van der Waals surface area contributed by atoms with Gasteiger partial charge in [0, 0.05) is 10.9 Å². The second-order valence-corrected chi connectivity index (χ2v) is 8.21. The minimum absolute atomic E-state index is 0.110. The fourth-order valence-corrected chi connectivity index (χ4v) is 4.66. The number of nitrogens with zero attached hydrogens (tertiary/aromatic N) is 2. The number of carbonyl (C=O) groups is 1. The molecule has 1 amide bonds. The van der Waals surface area contributed by atoms with Gasteiger partial charge in [-0.2, -0.15) is 11.3 Å². The maximum atomic E-state index is 12.9. The fourth-order valence-electron chi connectivity index (χ4n) is 2.98. The molecule has 5 nitrogen and oxygen atoms in total. The summed E-state index contributed by atoms with van der Waals surface area (Å²) < 4.78 is 0. The maximum absolute atomic E-state index is 12.9. The summed E-state index contributed by atoms with van der Waals surface area (Å²) in [6.07, 6.45) is 2.55. The molecule has 1 unspecified atom stereocenters. The molecule has 2 N–H and O–H groups in total. The number of H-pyrrole nitrogens is 1. The van der Waals surface area contributed by atoms with Gasteiger partial charge < -0.3 is 10.3 Å². The number of thiazole rings is 1. The van der Waals surface area contributed by atoms with E-state index in [2.05, 4.69) is 20.3 Å². The smallest absolute Gasteiger partial charge is 0.263 e. The van der Waals surface area contributed by atoms with Crippen LogP contribution in [0.15, 0.2) is 53.4 Å². The fraction of sp³-hybridized carbons (Fsp3) is 0.190. The summed E-state index contributed by atoms with van der Waals surface area (Å²) >= 11 is 3.05. The molecular weight excluding hydrogens is 388 g/mol. The highest BCUT2D eigenvalue weighted by Crippen LogP contribution is 2.30. The first-order chi connectivity index (χ1) is 13.7. The van der Waals surface area contributed by atoms with Crippen LogP contribution in [0.25, 0.3) is 21.8 Å². The molecule has 0 saturated heterocycles. The molecule has 1 aromatic carbocycles. The van der Waals surface area contributed by atoms with Crippen molar-refractivity contribution in [3.05, 3.63) is 69.8 Å². The molecule has 28 heavy (non-hydrogen) atoms. The van der Waals surface area contributed by atoms with Crippen molar-refractivity contribution >= 4 is 28.6 Å². The molecule has 4 aromatic rings. The number of nitrogens with one attached hydrogen (secondary N) is 2. The van der Waals surface area contributed by atoms with Crippen LogP contribution < -0.4 is 5.32 Å². The topological polar surface area (TPSA) is 70.7 Å². The summed E-state index contributed by atoms with van der Waals surface area (Å²) in [5.74, 6) is 0.649. The van der Waals surface area contributed by atoms with Crippen molar-refractivity contribution in [2.75, 3.05) is 0 Å². The van der Waals surface area contributed by atoms with Gasteiger partial charge in [-0.1, -0.05) is 37.3 Å². The van der Waals surface area contributed by atoms with Gasteiger partial charge in [0.05, 0.1) is 23.6 Å². The molecule has 7 heteroatoms. The van der Waals surface area contributed by atoms with Gasteiger partial charge >= 0.3 is 0 Å². The monoisotopic (exact) mass is 408 g/mol. The number of rotatable bonds is 6. The van der Waals surface area contributed by atoms with Crippen LogP contribution in [0.2, 0.25) is 0 Å². The highest BCUT2D eigenvalue weighted by Gasteiger charge is 2.21. The van der Waals surface area contributed by atoms with Crippen LogP contribution in [0, 0.1) is 6.92 Å². The molecule has 3 heterocycles. The van der Waals surface area contributed by atoms with Gasteiger partial charge in [0.1, 0.15) is 15.7 Å². The Morgan fingerprint density at radius 2 is 2.04 bits per heavy atom. The third-order valence-electron chi connectivity index (χ3n) is 4.49. The van der Waals surface area contributed by atoms with Gasteiger partial charge in [-0.15, -0.1) is 11.3 Å². The lowest BCUT2D eigenvalue weighted by Crippen LogP contribution is -2.28. The van der Waals surface area contributed by atoms with Crippen molar-refractivity contribution in [2.24, 2.45) is 0 Å². The number of imidazole rings is 1. The third-order valence-corrected chi connectivity index (χ3v) is 6.38. The van der Waals surface area contributed by atoms with E-state index in [1.807, 2.05) is 67.2 Å². The predicted octanol–water partition coefficient (Wildman–Crippen LogP) is 5.45. The molecule has 0 spiro atoms. The summed E-state index contributed by atoms with van der Waals surface area (Å²) in [6.45, 7) is 3.91. The average molecular weight is 409 g/mol. The Bertz CT molecular complexity index is 1070. The zero-order valence-electron chi connectivity index (χ0n) is 15.6. The van der Waals surface area contributed by atoms with E-state index in [-0.39, 0.29) is 11.9 Å². The Kier molecular flexibility index (Phi) is 5.36. The summed E-state index contributed by atoms with van der Waals surface area (Å²) in [6, 6.07) is 11.9. The Hall–Kier alpha value is -2.77. The van der Waals surface area contributed by atoms with Crippen molar-refractivity contribution in [3.63, 3.8) is 0 Å². The highest BCUT2D eigenvalue weighted by molar-refractivity contribution is 7.17. The molecule has 0 aliphatic rings. The van der Waals surface area contributed by atoms with Crippen LogP contribution in [0.5, 0.6) is 0 Å². The van der Waals surface area contributed by atoms with E-state index in [0.29, 0.717) is 4.88 Å². The molecule has 0 bridgehead atoms. The van der Waals surface area contributed by atoms with Crippen LogP contribution in [0.3, 0.4) is 0 Å². The van der Waals surface area contributed by atoms with Crippen molar-refractivity contribution in [1.29, 1.82) is 0 Å². The molecule has 142 valence electrons. The van der Waals surface area contributed by atoms with E-state index in [0.717, 1.165) is 39.8 Å². The van der Waals surface area contributed by atoms with Gasteiger partial charge in [-0.3, -0.25) is 4.79 Å². The maximum Gasteiger partial charge on any atom is 0.263 e. The standard InChI is InChI=1S/C21H20N4OS2/c1-3-16(19-22-11-17(24-19)14-7-5-4-6-8-14)25-20(26)18-13(2)23-21(28-18)15-9-10-27-12-15/h4-12,16H,3H2,1-2H3,(H,22,24)(H,25,26). The van der Waals surface area contributed by atoms with Gasteiger partial charge in [0.2, 0.25) is 0 Å².